The summed E-state index contributed by atoms with van der Waals surface area (Å²) in [7, 11) is 0. The number of hydrogen-bond acceptors (Lipinski definition) is 1. The lowest BCUT2D eigenvalue weighted by Gasteiger charge is -2.07. The summed E-state index contributed by atoms with van der Waals surface area (Å²) in [6.07, 6.45) is 0. The van der Waals surface area contributed by atoms with Crippen LogP contribution in [0.25, 0.3) is 0 Å². The van der Waals surface area contributed by atoms with Gasteiger partial charge in [0.25, 0.3) is 5.91 Å². The van der Waals surface area contributed by atoms with Gasteiger partial charge in [-0.25, -0.2) is 0 Å². The highest BCUT2D eigenvalue weighted by molar-refractivity contribution is 9.10. The van der Waals surface area contributed by atoms with Crippen molar-refractivity contribution in [3.8, 4) is 0 Å². The molecule has 2 aromatic carbocycles. The Morgan fingerprint density at radius 2 is 1.84 bits per heavy atom. The molecule has 1 N–H and O–H groups in total. The third kappa shape index (κ3) is 3.72. The molecule has 0 fully saturated rings. The number of halogens is 3. The van der Waals surface area contributed by atoms with Crippen LogP contribution in [0.15, 0.2) is 46.9 Å². The van der Waals surface area contributed by atoms with Crippen molar-refractivity contribution in [3.05, 3.63) is 63.1 Å². The first-order chi connectivity index (χ1) is 9.10. The van der Waals surface area contributed by atoms with Gasteiger partial charge in [-0.1, -0.05) is 23.7 Å². The van der Waals surface area contributed by atoms with Crippen LogP contribution in [0.3, 0.4) is 0 Å². The predicted molar refractivity (Wildman–Crippen MR) is 83.1 cm³/mol. The van der Waals surface area contributed by atoms with Crippen molar-refractivity contribution in [2.45, 2.75) is 5.88 Å². The van der Waals surface area contributed by atoms with Crippen molar-refractivity contribution in [1.29, 1.82) is 0 Å². The number of hydrogen-bond donors (Lipinski definition) is 1. The van der Waals surface area contributed by atoms with Gasteiger partial charge in [-0.15, -0.1) is 11.6 Å². The standard InChI is InChI=1S/C14H10BrCl2NO/c15-13-6-3-10(17)7-12(13)14(19)18-11-4-1-9(8-16)2-5-11/h1-7H,8H2,(H,18,19). The maximum Gasteiger partial charge on any atom is 0.256 e. The van der Waals surface area contributed by atoms with Crippen LogP contribution >= 0.6 is 39.1 Å². The van der Waals surface area contributed by atoms with E-state index in [4.69, 9.17) is 23.2 Å². The van der Waals surface area contributed by atoms with E-state index in [1.165, 1.54) is 0 Å². The Hall–Kier alpha value is -1.03. The number of carbonyl (C=O) groups is 1. The summed E-state index contributed by atoms with van der Waals surface area (Å²) in [5.74, 6) is 0.238. The minimum absolute atomic E-state index is 0.215. The summed E-state index contributed by atoms with van der Waals surface area (Å²) < 4.78 is 0.701. The van der Waals surface area contributed by atoms with Crippen molar-refractivity contribution >= 4 is 50.7 Å². The molecule has 0 aromatic heterocycles. The molecule has 0 aliphatic rings. The predicted octanol–water partition coefficient (Wildman–Crippen LogP) is 5.09. The first-order valence-electron chi connectivity index (χ1n) is 5.51. The van der Waals surface area contributed by atoms with Gasteiger partial charge in [0, 0.05) is 21.1 Å². The van der Waals surface area contributed by atoms with Crippen molar-refractivity contribution < 1.29 is 4.79 Å². The zero-order valence-corrected chi connectivity index (χ0v) is 12.9. The van der Waals surface area contributed by atoms with Gasteiger partial charge < -0.3 is 5.32 Å². The van der Waals surface area contributed by atoms with Gasteiger partial charge in [0.1, 0.15) is 0 Å². The van der Waals surface area contributed by atoms with Gasteiger partial charge in [-0.2, -0.15) is 0 Å². The topological polar surface area (TPSA) is 29.1 Å². The Labute approximate surface area is 129 Å². The number of nitrogens with one attached hydrogen (secondary N) is 1. The fraction of sp³-hybridized carbons (Fsp3) is 0.0714. The molecule has 1 amide bonds. The molecular weight excluding hydrogens is 349 g/mol. The van der Waals surface area contributed by atoms with E-state index >= 15 is 0 Å². The lowest BCUT2D eigenvalue weighted by atomic mass is 10.2. The highest BCUT2D eigenvalue weighted by Crippen LogP contribution is 2.22. The number of anilines is 1. The van der Waals surface area contributed by atoms with Gasteiger partial charge in [-0.05, 0) is 51.8 Å². The van der Waals surface area contributed by atoms with Crippen LogP contribution in [-0.4, -0.2) is 5.91 Å². The van der Waals surface area contributed by atoms with E-state index < -0.39 is 0 Å². The molecule has 2 aromatic rings. The fourth-order valence-corrected chi connectivity index (χ4v) is 2.32. The molecule has 0 saturated heterocycles. The SMILES string of the molecule is O=C(Nc1ccc(CCl)cc1)c1cc(Cl)ccc1Br. The number of alkyl halides is 1. The van der Waals surface area contributed by atoms with Gasteiger partial charge >= 0.3 is 0 Å². The molecule has 0 saturated carbocycles. The number of carbonyl (C=O) groups excluding carboxylic acids is 1. The Bertz CT molecular complexity index is 599. The zero-order chi connectivity index (χ0) is 13.8. The molecule has 0 atom stereocenters. The molecular formula is C14H10BrCl2NO. The van der Waals surface area contributed by atoms with E-state index in [0.717, 1.165) is 5.56 Å². The third-order valence-corrected chi connectivity index (χ3v) is 3.77. The van der Waals surface area contributed by atoms with Crippen LogP contribution < -0.4 is 5.32 Å². The van der Waals surface area contributed by atoms with E-state index in [1.54, 1.807) is 18.2 Å². The van der Waals surface area contributed by atoms with Gasteiger partial charge in [0.2, 0.25) is 0 Å². The smallest absolute Gasteiger partial charge is 0.256 e. The minimum atomic E-state index is -0.215. The Kier molecular flexibility index (Phi) is 4.86. The molecule has 19 heavy (non-hydrogen) atoms. The molecule has 0 spiro atoms. The van der Waals surface area contributed by atoms with Gasteiger partial charge in [-0.3, -0.25) is 4.79 Å². The van der Waals surface area contributed by atoms with Crippen molar-refractivity contribution in [2.75, 3.05) is 5.32 Å². The second-order valence-corrected chi connectivity index (χ2v) is 5.47. The van der Waals surface area contributed by atoms with E-state index in [-0.39, 0.29) is 5.91 Å². The zero-order valence-electron chi connectivity index (χ0n) is 9.79. The lowest BCUT2D eigenvalue weighted by Crippen LogP contribution is -2.12. The molecule has 0 aliphatic carbocycles. The summed E-state index contributed by atoms with van der Waals surface area (Å²) in [5, 5.41) is 3.33. The van der Waals surface area contributed by atoms with Crippen LogP contribution in [0.2, 0.25) is 5.02 Å². The molecule has 0 heterocycles. The second kappa shape index (κ2) is 6.42. The molecule has 0 radical (unpaired) electrons. The molecule has 0 unspecified atom stereocenters. The summed E-state index contributed by atoms with van der Waals surface area (Å²) in [6.45, 7) is 0. The van der Waals surface area contributed by atoms with Crippen molar-refractivity contribution in [3.63, 3.8) is 0 Å². The molecule has 2 nitrogen and oxygen atoms in total. The van der Waals surface area contributed by atoms with Crippen LogP contribution in [0.4, 0.5) is 5.69 Å². The maximum absolute atomic E-state index is 12.1. The Morgan fingerprint density at radius 3 is 2.47 bits per heavy atom. The average Bonchev–Trinajstić information content (AvgIpc) is 2.42. The van der Waals surface area contributed by atoms with E-state index in [2.05, 4.69) is 21.2 Å². The van der Waals surface area contributed by atoms with Crippen LogP contribution in [0, 0.1) is 0 Å². The maximum atomic E-state index is 12.1. The highest BCUT2D eigenvalue weighted by atomic mass is 79.9. The van der Waals surface area contributed by atoms with Gasteiger partial charge in [0.05, 0.1) is 5.56 Å². The monoisotopic (exact) mass is 357 g/mol. The average molecular weight is 359 g/mol. The normalized spacial score (nSPS) is 10.3. The summed E-state index contributed by atoms with van der Waals surface area (Å²) >= 11 is 14.9. The van der Waals surface area contributed by atoms with E-state index in [0.29, 0.717) is 26.6 Å². The molecule has 98 valence electrons. The number of benzene rings is 2. The van der Waals surface area contributed by atoms with E-state index in [9.17, 15) is 4.79 Å². The Balaban J connectivity index is 2.18. The minimum Gasteiger partial charge on any atom is -0.322 e. The number of rotatable bonds is 3. The third-order valence-electron chi connectivity index (χ3n) is 2.54. The number of amides is 1. The Morgan fingerprint density at radius 1 is 1.16 bits per heavy atom. The highest BCUT2D eigenvalue weighted by Gasteiger charge is 2.10. The van der Waals surface area contributed by atoms with Crippen molar-refractivity contribution in [2.24, 2.45) is 0 Å². The van der Waals surface area contributed by atoms with Gasteiger partial charge in [0.15, 0.2) is 0 Å². The quantitative estimate of drug-likeness (QED) is 0.760. The largest absolute Gasteiger partial charge is 0.322 e. The summed E-state index contributed by atoms with van der Waals surface area (Å²) in [6, 6.07) is 12.5. The summed E-state index contributed by atoms with van der Waals surface area (Å²) in [4.78, 5) is 12.1. The van der Waals surface area contributed by atoms with E-state index in [1.807, 2.05) is 24.3 Å². The first kappa shape index (κ1) is 14.4. The fourth-order valence-electron chi connectivity index (χ4n) is 1.55. The second-order valence-electron chi connectivity index (χ2n) is 3.91. The van der Waals surface area contributed by atoms with Crippen molar-refractivity contribution in [1.82, 2.24) is 0 Å². The molecule has 0 aliphatic heterocycles. The molecule has 2 rings (SSSR count). The molecule has 5 heteroatoms. The van der Waals surface area contributed by atoms with Crippen LogP contribution in [0.1, 0.15) is 15.9 Å². The summed E-state index contributed by atoms with van der Waals surface area (Å²) in [5.41, 5.74) is 2.21. The first-order valence-corrected chi connectivity index (χ1v) is 7.22. The lowest BCUT2D eigenvalue weighted by molar-refractivity contribution is 0.102. The van der Waals surface area contributed by atoms with Crippen LogP contribution in [-0.2, 0) is 5.88 Å². The molecule has 0 bridgehead atoms. The van der Waals surface area contributed by atoms with Crippen LogP contribution in [0.5, 0.6) is 0 Å².